The van der Waals surface area contributed by atoms with Crippen LogP contribution in [0.3, 0.4) is 0 Å². The number of unbranched alkanes of at least 4 members (excludes halogenated alkanes) is 1. The monoisotopic (exact) mass is 236 g/mol. The minimum atomic E-state index is -0.870. The van der Waals surface area contributed by atoms with Crippen LogP contribution in [0, 0.1) is 0 Å². The van der Waals surface area contributed by atoms with Gasteiger partial charge in [-0.2, -0.15) is 0 Å². The maximum absolute atomic E-state index is 9.90. The van der Waals surface area contributed by atoms with Gasteiger partial charge in [-0.15, -0.1) is 0 Å². The number of carboxylic acids is 2. The zero-order chi connectivity index (χ0) is 7.98. The van der Waals surface area contributed by atoms with Crippen molar-refractivity contribution in [3.8, 4) is 0 Å². The zero-order valence-corrected chi connectivity index (χ0v) is 9.72. The molecule has 0 bridgehead atoms. The van der Waals surface area contributed by atoms with Crippen molar-refractivity contribution < 1.29 is 22.7 Å². The van der Waals surface area contributed by atoms with Crippen LogP contribution in [0.2, 0.25) is 0 Å². The molecule has 0 fully saturated rings. The molecule has 0 saturated heterocycles. The van der Waals surface area contributed by atoms with Gasteiger partial charge in [-0.25, -0.2) is 0 Å². The number of rotatable bonds is 5. The van der Waals surface area contributed by atoms with E-state index in [2.05, 4.69) is 0 Å². The molecule has 4 nitrogen and oxygen atoms in total. The smallest absolute Gasteiger partial charge is 1.00 e. The van der Waals surface area contributed by atoms with Gasteiger partial charge in [0.05, 0.1) is 0 Å². The van der Waals surface area contributed by atoms with Crippen molar-refractivity contribution in [3.05, 3.63) is 0 Å². The van der Waals surface area contributed by atoms with Gasteiger partial charge < -0.3 is 13.1 Å². The minimum Gasteiger partial charge on any atom is -1.00 e. The van der Waals surface area contributed by atoms with E-state index >= 15 is 0 Å². The fourth-order valence-corrected chi connectivity index (χ4v) is 0.552. The standard InChI is InChI=1S/C6H10O4.Sr.2H/c7-5(8)3-1-2-4-6(9)10;;;/h1-4H2,(H,7,8)(H,9,10);;;/q;+2;2*-1. The Morgan fingerprint density at radius 3 is 1.45 bits per heavy atom. The first-order valence-electron chi connectivity index (χ1n) is 3.06. The number of carboxylic acid groups (broad SMARTS) is 2. The van der Waals surface area contributed by atoms with Crippen molar-refractivity contribution in [1.29, 1.82) is 0 Å². The summed E-state index contributed by atoms with van der Waals surface area (Å²) in [6.07, 6.45) is 1.02. The predicted octanol–water partition coefficient (Wildman–Crippen LogP) is 0.560. The third kappa shape index (κ3) is 13.4. The van der Waals surface area contributed by atoms with E-state index in [1.165, 1.54) is 0 Å². The first-order valence-corrected chi connectivity index (χ1v) is 3.06. The first kappa shape index (κ1) is 14.0. The molecular weight excluding hydrogens is 224 g/mol. The average molecular weight is 236 g/mol. The molecule has 0 rings (SSSR count). The maximum atomic E-state index is 9.90. The Labute approximate surface area is 105 Å². The summed E-state index contributed by atoms with van der Waals surface area (Å²) < 4.78 is 0. The molecule has 0 heterocycles. The van der Waals surface area contributed by atoms with Crippen molar-refractivity contribution in [2.24, 2.45) is 0 Å². The Bertz CT molecular complexity index is 127. The molecule has 0 aliphatic rings. The van der Waals surface area contributed by atoms with Crippen molar-refractivity contribution in [1.82, 2.24) is 0 Å². The summed E-state index contributed by atoms with van der Waals surface area (Å²) in [5.74, 6) is -1.74. The van der Waals surface area contributed by atoms with Crippen molar-refractivity contribution in [3.63, 3.8) is 0 Å². The van der Waals surface area contributed by atoms with Crippen LogP contribution in [-0.2, 0) is 9.59 Å². The van der Waals surface area contributed by atoms with Gasteiger partial charge in [0.15, 0.2) is 0 Å². The molecular formula is C6H12O4Sr. The molecule has 0 spiro atoms. The molecule has 11 heavy (non-hydrogen) atoms. The largest absolute Gasteiger partial charge is 2.00 e. The first-order chi connectivity index (χ1) is 4.63. The Kier molecular flexibility index (Phi) is 10.8. The van der Waals surface area contributed by atoms with Gasteiger partial charge >= 0.3 is 57.4 Å². The fourth-order valence-electron chi connectivity index (χ4n) is 0.552. The van der Waals surface area contributed by atoms with Crippen LogP contribution < -0.4 is 0 Å². The van der Waals surface area contributed by atoms with Crippen LogP contribution in [0.4, 0.5) is 0 Å². The second-order valence-electron chi connectivity index (χ2n) is 1.99. The quantitative estimate of drug-likeness (QED) is 0.540. The normalized spacial score (nSPS) is 8.36. The summed E-state index contributed by atoms with van der Waals surface area (Å²) in [7, 11) is 0. The van der Waals surface area contributed by atoms with E-state index in [0.717, 1.165) is 0 Å². The summed E-state index contributed by atoms with van der Waals surface area (Å²) in [5.41, 5.74) is 0. The summed E-state index contributed by atoms with van der Waals surface area (Å²) in [6, 6.07) is 0. The molecule has 2 N–H and O–H groups in total. The van der Waals surface area contributed by atoms with Crippen LogP contribution >= 0.6 is 0 Å². The SMILES string of the molecule is O=C(O)CCCCC(=O)O.[H-].[H-].[Sr+2]. The van der Waals surface area contributed by atoms with Gasteiger partial charge in [-0.05, 0) is 12.8 Å². The molecule has 62 valence electrons. The van der Waals surface area contributed by atoms with Crippen molar-refractivity contribution in [2.45, 2.75) is 25.7 Å². The van der Waals surface area contributed by atoms with E-state index in [-0.39, 0.29) is 61.2 Å². The van der Waals surface area contributed by atoms with Crippen molar-refractivity contribution in [2.75, 3.05) is 0 Å². The van der Waals surface area contributed by atoms with Gasteiger partial charge in [0.1, 0.15) is 0 Å². The second-order valence-corrected chi connectivity index (χ2v) is 1.99. The summed E-state index contributed by atoms with van der Waals surface area (Å²) >= 11 is 0. The molecule has 0 saturated carbocycles. The zero-order valence-electron chi connectivity index (χ0n) is 8.25. The Balaban J connectivity index is -0.000000135. The molecule has 0 amide bonds. The minimum absolute atomic E-state index is 0. The number of hydrogen-bond acceptors (Lipinski definition) is 2. The molecule has 0 aromatic rings. The molecule has 0 aliphatic carbocycles. The van der Waals surface area contributed by atoms with Crippen molar-refractivity contribution >= 4 is 57.4 Å². The van der Waals surface area contributed by atoms with Gasteiger partial charge in [-0.3, -0.25) is 9.59 Å². The van der Waals surface area contributed by atoms with Crippen LogP contribution in [0.1, 0.15) is 28.5 Å². The van der Waals surface area contributed by atoms with Gasteiger partial charge in [0, 0.05) is 12.8 Å². The third-order valence-corrected chi connectivity index (χ3v) is 1.03. The maximum Gasteiger partial charge on any atom is 2.00 e. The van der Waals surface area contributed by atoms with Crippen LogP contribution in [0.5, 0.6) is 0 Å². The van der Waals surface area contributed by atoms with E-state index in [4.69, 9.17) is 10.2 Å². The number of hydrogen-bond donors (Lipinski definition) is 2. The Morgan fingerprint density at radius 1 is 1.00 bits per heavy atom. The van der Waals surface area contributed by atoms with E-state index in [1.54, 1.807) is 0 Å². The topological polar surface area (TPSA) is 74.6 Å². The Hall–Kier alpha value is 0.421. The molecule has 0 aromatic heterocycles. The molecule has 5 heteroatoms. The number of carbonyl (C=O) groups is 2. The summed E-state index contributed by atoms with van der Waals surface area (Å²) in [5, 5.41) is 16.3. The summed E-state index contributed by atoms with van der Waals surface area (Å²) in [6.45, 7) is 0. The molecule has 0 radical (unpaired) electrons. The second kappa shape index (κ2) is 8.52. The van der Waals surface area contributed by atoms with Gasteiger partial charge in [0.2, 0.25) is 0 Å². The van der Waals surface area contributed by atoms with Crippen LogP contribution in [0.15, 0.2) is 0 Å². The van der Waals surface area contributed by atoms with E-state index in [1.807, 2.05) is 0 Å². The van der Waals surface area contributed by atoms with E-state index in [9.17, 15) is 9.59 Å². The van der Waals surface area contributed by atoms with Crippen LogP contribution in [-0.4, -0.2) is 67.6 Å². The molecule has 0 aliphatic heterocycles. The third-order valence-electron chi connectivity index (χ3n) is 1.03. The summed E-state index contributed by atoms with van der Waals surface area (Å²) in [4.78, 5) is 19.8. The Morgan fingerprint density at radius 2 is 1.27 bits per heavy atom. The molecule has 0 atom stereocenters. The molecule has 0 aromatic carbocycles. The van der Waals surface area contributed by atoms with E-state index in [0.29, 0.717) is 12.8 Å². The fraction of sp³-hybridized carbons (Fsp3) is 0.667. The molecule has 0 unspecified atom stereocenters. The number of aliphatic carboxylic acids is 2. The predicted molar refractivity (Wildman–Crippen MR) is 41.7 cm³/mol. The van der Waals surface area contributed by atoms with E-state index < -0.39 is 11.9 Å². The average Bonchev–Trinajstić information content (AvgIpc) is 1.79. The van der Waals surface area contributed by atoms with Gasteiger partial charge in [-0.1, -0.05) is 0 Å². The van der Waals surface area contributed by atoms with Gasteiger partial charge in [0.25, 0.3) is 0 Å². The van der Waals surface area contributed by atoms with Crippen LogP contribution in [0.25, 0.3) is 0 Å².